The summed E-state index contributed by atoms with van der Waals surface area (Å²) in [6.45, 7) is 1.55. The van der Waals surface area contributed by atoms with Gasteiger partial charge in [0.25, 0.3) is 11.8 Å². The zero-order chi connectivity index (χ0) is 19.9. The molecule has 152 valence electrons. The molecule has 0 spiro atoms. The van der Waals surface area contributed by atoms with E-state index in [1.54, 1.807) is 24.3 Å². The van der Waals surface area contributed by atoms with E-state index in [4.69, 9.17) is 9.84 Å². The maximum Gasteiger partial charge on any atom is 0.306 e. The third kappa shape index (κ3) is 5.47. The second kappa shape index (κ2) is 9.57. The number of hydrogen-bond acceptors (Lipinski definition) is 4. The van der Waals surface area contributed by atoms with Gasteiger partial charge in [-0.1, -0.05) is 6.07 Å². The van der Waals surface area contributed by atoms with Gasteiger partial charge >= 0.3 is 5.97 Å². The van der Waals surface area contributed by atoms with Crippen molar-refractivity contribution in [2.45, 2.75) is 51.0 Å². The summed E-state index contributed by atoms with van der Waals surface area (Å²) < 4.78 is 5.61. The van der Waals surface area contributed by atoms with E-state index >= 15 is 0 Å². The van der Waals surface area contributed by atoms with Crippen molar-refractivity contribution in [2.24, 2.45) is 5.92 Å². The third-order valence-corrected chi connectivity index (χ3v) is 5.58. The lowest BCUT2D eigenvalue weighted by molar-refractivity contribution is -0.142. The molecule has 1 aromatic rings. The Balaban J connectivity index is 1.49. The van der Waals surface area contributed by atoms with Crippen LogP contribution in [-0.2, 0) is 9.59 Å². The summed E-state index contributed by atoms with van der Waals surface area (Å²) in [5.74, 6) is -0.792. The predicted octanol–water partition coefficient (Wildman–Crippen LogP) is 2.45. The van der Waals surface area contributed by atoms with Crippen LogP contribution in [0.1, 0.15) is 55.3 Å². The van der Waals surface area contributed by atoms with Crippen LogP contribution in [0.5, 0.6) is 5.75 Å². The summed E-state index contributed by atoms with van der Waals surface area (Å²) in [5.41, 5.74) is 0.475. The van der Waals surface area contributed by atoms with Gasteiger partial charge in [0.15, 0.2) is 6.61 Å². The van der Waals surface area contributed by atoms with Crippen molar-refractivity contribution in [1.82, 2.24) is 10.2 Å². The lowest BCUT2D eigenvalue weighted by Crippen LogP contribution is -2.39. The second-order valence-electron chi connectivity index (χ2n) is 7.62. The minimum Gasteiger partial charge on any atom is -0.484 e. The molecule has 0 radical (unpaired) electrons. The van der Waals surface area contributed by atoms with Crippen LogP contribution >= 0.6 is 0 Å². The highest BCUT2D eigenvalue weighted by Crippen LogP contribution is 2.25. The Morgan fingerprint density at radius 2 is 1.79 bits per heavy atom. The molecule has 2 N–H and O–H groups in total. The monoisotopic (exact) mass is 388 g/mol. The lowest BCUT2D eigenvalue weighted by Gasteiger charge is -2.27. The first-order valence-electron chi connectivity index (χ1n) is 10.1. The van der Waals surface area contributed by atoms with E-state index < -0.39 is 5.97 Å². The van der Waals surface area contributed by atoms with Crippen molar-refractivity contribution in [2.75, 3.05) is 19.7 Å². The largest absolute Gasteiger partial charge is 0.484 e. The molecule has 1 heterocycles. The Morgan fingerprint density at radius 3 is 2.46 bits per heavy atom. The smallest absolute Gasteiger partial charge is 0.306 e. The van der Waals surface area contributed by atoms with Crippen LogP contribution in [0.3, 0.4) is 0 Å². The highest BCUT2D eigenvalue weighted by Gasteiger charge is 2.27. The van der Waals surface area contributed by atoms with Gasteiger partial charge in [-0.3, -0.25) is 14.4 Å². The molecule has 2 fully saturated rings. The third-order valence-electron chi connectivity index (χ3n) is 5.58. The van der Waals surface area contributed by atoms with Crippen LogP contribution in [0.2, 0.25) is 0 Å². The number of aliphatic carboxylic acids is 1. The first-order valence-corrected chi connectivity index (χ1v) is 10.1. The predicted molar refractivity (Wildman–Crippen MR) is 103 cm³/mol. The van der Waals surface area contributed by atoms with Crippen molar-refractivity contribution >= 4 is 17.8 Å². The van der Waals surface area contributed by atoms with Crippen molar-refractivity contribution < 1.29 is 24.2 Å². The molecule has 1 saturated heterocycles. The van der Waals surface area contributed by atoms with E-state index in [-0.39, 0.29) is 30.4 Å². The van der Waals surface area contributed by atoms with Gasteiger partial charge in [-0.15, -0.1) is 0 Å². The van der Waals surface area contributed by atoms with Crippen LogP contribution in [-0.4, -0.2) is 53.5 Å². The minimum absolute atomic E-state index is 0.00615. The van der Waals surface area contributed by atoms with Gasteiger partial charge in [0, 0.05) is 24.7 Å². The van der Waals surface area contributed by atoms with Crippen molar-refractivity contribution in [3.8, 4) is 5.75 Å². The van der Waals surface area contributed by atoms with Gasteiger partial charge in [-0.05, 0) is 63.1 Å². The number of carboxylic acid groups (broad SMARTS) is 1. The van der Waals surface area contributed by atoms with E-state index in [0.29, 0.717) is 37.0 Å². The quantitative estimate of drug-likeness (QED) is 0.780. The molecule has 0 aromatic heterocycles. The zero-order valence-corrected chi connectivity index (χ0v) is 16.1. The molecule has 1 aromatic carbocycles. The Hall–Kier alpha value is -2.57. The zero-order valence-electron chi connectivity index (χ0n) is 16.1. The number of rotatable bonds is 6. The summed E-state index contributed by atoms with van der Waals surface area (Å²) in [6, 6.07) is 6.81. The summed E-state index contributed by atoms with van der Waals surface area (Å²) >= 11 is 0. The van der Waals surface area contributed by atoms with Gasteiger partial charge in [0.2, 0.25) is 0 Å². The number of ether oxygens (including phenoxy) is 1. The summed E-state index contributed by atoms with van der Waals surface area (Å²) in [5, 5.41) is 12.0. The summed E-state index contributed by atoms with van der Waals surface area (Å²) in [7, 11) is 0. The van der Waals surface area contributed by atoms with Gasteiger partial charge in [-0.2, -0.15) is 0 Å². The number of carboxylic acids is 1. The summed E-state index contributed by atoms with van der Waals surface area (Å²) in [6.07, 6.45) is 5.75. The van der Waals surface area contributed by atoms with Gasteiger partial charge in [0.1, 0.15) is 5.75 Å². The van der Waals surface area contributed by atoms with Gasteiger partial charge in [-0.25, -0.2) is 0 Å². The maximum absolute atomic E-state index is 12.5. The molecule has 7 heteroatoms. The number of nitrogens with zero attached hydrogens (tertiary/aromatic N) is 1. The standard InChI is InChI=1S/C21H28N2O5/c24-19(23-11-2-1-3-12-23)14-28-18-6-4-5-16(13-18)20(25)22-17-9-7-15(8-10-17)21(26)27/h4-6,13,15,17H,1-3,7-12,14H2,(H,22,25)(H,26,27). The number of piperidine rings is 1. The number of carbonyl (C=O) groups is 3. The van der Waals surface area contributed by atoms with Crippen LogP contribution in [0, 0.1) is 5.92 Å². The number of benzene rings is 1. The highest BCUT2D eigenvalue weighted by atomic mass is 16.5. The maximum atomic E-state index is 12.5. The summed E-state index contributed by atoms with van der Waals surface area (Å²) in [4.78, 5) is 37.6. The molecule has 0 bridgehead atoms. The fourth-order valence-electron chi connectivity index (χ4n) is 3.86. The Labute approximate surface area is 165 Å². The number of amides is 2. The van der Waals surface area contributed by atoms with Gasteiger partial charge < -0.3 is 20.1 Å². The Kier molecular flexibility index (Phi) is 6.90. The molecule has 1 aliphatic carbocycles. The Morgan fingerprint density at radius 1 is 1.07 bits per heavy atom. The molecule has 3 rings (SSSR count). The molecule has 28 heavy (non-hydrogen) atoms. The number of likely N-dealkylation sites (tertiary alicyclic amines) is 1. The highest BCUT2D eigenvalue weighted by molar-refractivity contribution is 5.94. The topological polar surface area (TPSA) is 95.9 Å². The fourth-order valence-corrected chi connectivity index (χ4v) is 3.86. The van der Waals surface area contributed by atoms with Crippen molar-refractivity contribution in [1.29, 1.82) is 0 Å². The molecular formula is C21H28N2O5. The molecular weight excluding hydrogens is 360 g/mol. The SMILES string of the molecule is O=C(NC1CCC(C(=O)O)CC1)c1cccc(OCC(=O)N2CCCCC2)c1. The number of carbonyl (C=O) groups excluding carboxylic acids is 2. The molecule has 2 aliphatic rings. The van der Waals surface area contributed by atoms with E-state index in [0.717, 1.165) is 25.9 Å². The molecule has 0 atom stereocenters. The van der Waals surface area contributed by atoms with E-state index in [9.17, 15) is 14.4 Å². The molecule has 1 saturated carbocycles. The molecule has 7 nitrogen and oxygen atoms in total. The van der Waals surface area contributed by atoms with Crippen LogP contribution in [0.25, 0.3) is 0 Å². The average molecular weight is 388 g/mol. The van der Waals surface area contributed by atoms with Crippen molar-refractivity contribution in [3.63, 3.8) is 0 Å². The van der Waals surface area contributed by atoms with Gasteiger partial charge in [0.05, 0.1) is 5.92 Å². The first kappa shape index (κ1) is 20.2. The minimum atomic E-state index is -0.756. The number of nitrogens with one attached hydrogen (secondary N) is 1. The molecule has 1 aliphatic heterocycles. The fraction of sp³-hybridized carbons (Fsp3) is 0.571. The normalized spacial score (nSPS) is 22.4. The second-order valence-corrected chi connectivity index (χ2v) is 7.62. The van der Waals surface area contributed by atoms with E-state index in [1.165, 1.54) is 6.42 Å². The van der Waals surface area contributed by atoms with Crippen LogP contribution < -0.4 is 10.1 Å². The Bertz CT molecular complexity index is 707. The van der Waals surface area contributed by atoms with E-state index in [1.807, 2.05) is 4.90 Å². The molecule has 0 unspecified atom stereocenters. The van der Waals surface area contributed by atoms with Crippen LogP contribution in [0.15, 0.2) is 24.3 Å². The lowest BCUT2D eigenvalue weighted by atomic mass is 9.86. The number of hydrogen-bond donors (Lipinski definition) is 2. The van der Waals surface area contributed by atoms with Crippen molar-refractivity contribution in [3.05, 3.63) is 29.8 Å². The molecule has 2 amide bonds. The van der Waals surface area contributed by atoms with E-state index in [2.05, 4.69) is 5.32 Å². The first-order chi connectivity index (χ1) is 13.5. The average Bonchev–Trinajstić information content (AvgIpc) is 2.73. The van der Waals surface area contributed by atoms with Crippen LogP contribution in [0.4, 0.5) is 0 Å².